The first-order chi connectivity index (χ1) is 9.08. The molecule has 19 heavy (non-hydrogen) atoms. The van der Waals surface area contributed by atoms with E-state index in [0.717, 1.165) is 24.2 Å². The summed E-state index contributed by atoms with van der Waals surface area (Å²) in [7, 11) is 0. The van der Waals surface area contributed by atoms with E-state index in [2.05, 4.69) is 5.32 Å². The number of aromatic hydroxyl groups is 1. The molecule has 1 aromatic carbocycles. The topological polar surface area (TPSA) is 58.6 Å². The molecule has 2 N–H and O–H groups in total. The van der Waals surface area contributed by atoms with Crippen LogP contribution in [0.4, 0.5) is 0 Å². The van der Waals surface area contributed by atoms with Gasteiger partial charge in [-0.1, -0.05) is 11.6 Å². The summed E-state index contributed by atoms with van der Waals surface area (Å²) in [6.07, 6.45) is 1.46. The second-order valence-electron chi connectivity index (χ2n) is 4.93. The molecule has 1 aliphatic heterocycles. The van der Waals surface area contributed by atoms with Crippen LogP contribution in [0.3, 0.4) is 0 Å². The monoisotopic (exact) mass is 261 g/mol. The number of morpholine rings is 1. The predicted molar refractivity (Wildman–Crippen MR) is 73.4 cm³/mol. The van der Waals surface area contributed by atoms with Crippen molar-refractivity contribution in [2.45, 2.75) is 20.0 Å². The fourth-order valence-electron chi connectivity index (χ4n) is 2.08. The minimum atomic E-state index is -0.174. The Kier molecular flexibility index (Phi) is 4.35. The zero-order valence-electron chi connectivity index (χ0n) is 11.3. The molecule has 1 unspecified atom stereocenters. The van der Waals surface area contributed by atoms with E-state index >= 15 is 0 Å². The third-order valence-electron chi connectivity index (χ3n) is 3.01. The first-order valence-electron chi connectivity index (χ1n) is 6.42. The fraction of sp³-hybridized carbons (Fsp3) is 0.400. The van der Waals surface area contributed by atoms with Crippen LogP contribution in [-0.4, -0.2) is 30.6 Å². The van der Waals surface area contributed by atoms with Crippen molar-refractivity contribution in [3.05, 3.63) is 41.0 Å². The molecule has 1 fully saturated rings. The zero-order chi connectivity index (χ0) is 13.8. The maximum Gasteiger partial charge on any atom is 0.189 e. The lowest BCUT2D eigenvalue weighted by atomic mass is 10.0. The van der Waals surface area contributed by atoms with Crippen molar-refractivity contribution in [2.75, 3.05) is 19.7 Å². The maximum absolute atomic E-state index is 11.9. The highest BCUT2D eigenvalue weighted by Crippen LogP contribution is 2.26. The Morgan fingerprint density at radius 1 is 1.47 bits per heavy atom. The van der Waals surface area contributed by atoms with Gasteiger partial charge in [0.05, 0.1) is 18.3 Å². The van der Waals surface area contributed by atoms with E-state index in [-0.39, 0.29) is 17.6 Å². The van der Waals surface area contributed by atoms with E-state index in [9.17, 15) is 9.90 Å². The second kappa shape index (κ2) is 5.99. The van der Waals surface area contributed by atoms with Gasteiger partial charge in [0.25, 0.3) is 0 Å². The first-order valence-corrected chi connectivity index (χ1v) is 6.42. The molecule has 1 atom stereocenters. The van der Waals surface area contributed by atoms with Gasteiger partial charge in [0.2, 0.25) is 0 Å². The van der Waals surface area contributed by atoms with Crippen LogP contribution in [0.5, 0.6) is 5.75 Å². The number of carbonyl (C=O) groups is 1. The standard InChI is InChI=1S/C15H19NO3/c1-10(2)7-13(17)12-4-3-11(8-14(12)18)15-9-16-5-6-19-15/h3-4,7-8,15-16,18H,5-6,9H2,1-2H3. The average molecular weight is 261 g/mol. The van der Waals surface area contributed by atoms with Crippen molar-refractivity contribution in [3.63, 3.8) is 0 Å². The average Bonchev–Trinajstić information content (AvgIpc) is 2.38. The number of ketones is 1. The largest absolute Gasteiger partial charge is 0.507 e. The van der Waals surface area contributed by atoms with Gasteiger partial charge < -0.3 is 15.2 Å². The van der Waals surface area contributed by atoms with E-state index < -0.39 is 0 Å². The molecule has 0 radical (unpaired) electrons. The van der Waals surface area contributed by atoms with Gasteiger partial charge in [-0.15, -0.1) is 0 Å². The number of carbonyl (C=O) groups excluding carboxylic acids is 1. The summed E-state index contributed by atoms with van der Waals surface area (Å²) in [6, 6.07) is 5.11. The molecule has 1 aliphatic rings. The Morgan fingerprint density at radius 2 is 2.26 bits per heavy atom. The first kappa shape index (κ1) is 13.8. The lowest BCUT2D eigenvalue weighted by molar-refractivity contribution is 0.0275. The Labute approximate surface area is 113 Å². The van der Waals surface area contributed by atoms with Crippen molar-refractivity contribution in [2.24, 2.45) is 0 Å². The third kappa shape index (κ3) is 3.43. The molecule has 0 bridgehead atoms. The van der Waals surface area contributed by atoms with Gasteiger partial charge in [0.1, 0.15) is 5.75 Å². The summed E-state index contributed by atoms with van der Waals surface area (Å²) in [5.41, 5.74) is 2.13. The molecular formula is C15H19NO3. The minimum absolute atomic E-state index is 0.00849. The molecule has 1 heterocycles. The minimum Gasteiger partial charge on any atom is -0.507 e. The number of allylic oxidation sites excluding steroid dienone is 2. The van der Waals surface area contributed by atoms with Crippen LogP contribution >= 0.6 is 0 Å². The molecule has 0 spiro atoms. The fourth-order valence-corrected chi connectivity index (χ4v) is 2.08. The van der Waals surface area contributed by atoms with Crippen LogP contribution in [0.15, 0.2) is 29.8 Å². The molecule has 1 aromatic rings. The van der Waals surface area contributed by atoms with Crippen molar-refractivity contribution in [1.29, 1.82) is 0 Å². The van der Waals surface area contributed by atoms with E-state index in [4.69, 9.17) is 4.74 Å². The SMILES string of the molecule is CC(C)=CC(=O)c1ccc(C2CNCCO2)cc1O. The number of phenolic OH excluding ortho intramolecular Hbond substituents is 1. The number of nitrogens with one attached hydrogen (secondary N) is 1. The van der Waals surface area contributed by atoms with E-state index in [1.165, 1.54) is 6.08 Å². The van der Waals surface area contributed by atoms with E-state index in [1.54, 1.807) is 12.1 Å². The van der Waals surface area contributed by atoms with Crippen LogP contribution in [0.25, 0.3) is 0 Å². The number of phenols is 1. The summed E-state index contributed by atoms with van der Waals surface area (Å²) < 4.78 is 5.61. The molecule has 0 aromatic heterocycles. The lowest BCUT2D eigenvalue weighted by Crippen LogP contribution is -2.33. The number of hydrogen-bond donors (Lipinski definition) is 2. The maximum atomic E-state index is 11.9. The number of ether oxygens (including phenoxy) is 1. The molecule has 2 rings (SSSR count). The van der Waals surface area contributed by atoms with Crippen LogP contribution in [-0.2, 0) is 4.74 Å². The Hall–Kier alpha value is -1.65. The highest BCUT2D eigenvalue weighted by molar-refractivity contribution is 6.06. The van der Waals surface area contributed by atoms with Gasteiger partial charge in [0, 0.05) is 13.1 Å². The summed E-state index contributed by atoms with van der Waals surface area (Å²) in [5.74, 6) is -0.166. The third-order valence-corrected chi connectivity index (χ3v) is 3.01. The summed E-state index contributed by atoms with van der Waals surface area (Å²) in [6.45, 7) is 5.93. The molecule has 1 saturated heterocycles. The number of hydrogen-bond acceptors (Lipinski definition) is 4. The molecule has 0 saturated carbocycles. The molecule has 4 nitrogen and oxygen atoms in total. The van der Waals surface area contributed by atoms with Gasteiger partial charge in [-0.05, 0) is 37.6 Å². The van der Waals surface area contributed by atoms with Crippen molar-refractivity contribution in [3.8, 4) is 5.75 Å². The van der Waals surface area contributed by atoms with E-state index in [1.807, 2.05) is 19.9 Å². The van der Waals surface area contributed by atoms with Gasteiger partial charge >= 0.3 is 0 Å². The normalized spacial score (nSPS) is 18.9. The van der Waals surface area contributed by atoms with Crippen LogP contribution < -0.4 is 5.32 Å². The summed E-state index contributed by atoms with van der Waals surface area (Å²) >= 11 is 0. The van der Waals surface area contributed by atoms with Crippen LogP contribution in [0, 0.1) is 0 Å². The Balaban J connectivity index is 2.21. The number of rotatable bonds is 3. The van der Waals surface area contributed by atoms with E-state index in [0.29, 0.717) is 12.2 Å². The zero-order valence-corrected chi connectivity index (χ0v) is 11.3. The predicted octanol–water partition coefficient (Wildman–Crippen LogP) is 2.20. The summed E-state index contributed by atoms with van der Waals surface area (Å²) in [5, 5.41) is 13.2. The van der Waals surface area contributed by atoms with Crippen molar-refractivity contribution >= 4 is 5.78 Å². The Bertz CT molecular complexity index is 498. The quantitative estimate of drug-likeness (QED) is 0.647. The second-order valence-corrected chi connectivity index (χ2v) is 4.93. The highest BCUT2D eigenvalue weighted by Gasteiger charge is 2.18. The van der Waals surface area contributed by atoms with Gasteiger partial charge in [-0.2, -0.15) is 0 Å². The lowest BCUT2D eigenvalue weighted by Gasteiger charge is -2.24. The summed E-state index contributed by atoms with van der Waals surface area (Å²) in [4.78, 5) is 11.9. The van der Waals surface area contributed by atoms with Gasteiger partial charge in [-0.25, -0.2) is 0 Å². The molecule has 0 amide bonds. The van der Waals surface area contributed by atoms with Crippen LogP contribution in [0.1, 0.15) is 35.9 Å². The van der Waals surface area contributed by atoms with Gasteiger partial charge in [-0.3, -0.25) is 4.79 Å². The smallest absolute Gasteiger partial charge is 0.189 e. The molecule has 0 aliphatic carbocycles. The molecular weight excluding hydrogens is 242 g/mol. The molecule has 4 heteroatoms. The van der Waals surface area contributed by atoms with Gasteiger partial charge in [0.15, 0.2) is 5.78 Å². The van der Waals surface area contributed by atoms with Crippen LogP contribution in [0.2, 0.25) is 0 Å². The number of benzene rings is 1. The Morgan fingerprint density at radius 3 is 2.84 bits per heavy atom. The molecule has 102 valence electrons. The van der Waals surface area contributed by atoms with Crippen molar-refractivity contribution in [1.82, 2.24) is 5.32 Å². The highest BCUT2D eigenvalue weighted by atomic mass is 16.5. The van der Waals surface area contributed by atoms with Crippen molar-refractivity contribution < 1.29 is 14.6 Å².